The van der Waals surface area contributed by atoms with Crippen molar-refractivity contribution in [1.29, 1.82) is 0 Å². The number of amides is 6. The molecular formula is C34H54N6O7. The van der Waals surface area contributed by atoms with Gasteiger partial charge >= 0.3 is 6.03 Å². The number of carbonyl (C=O) groups excluding carboxylic acids is 6. The molecule has 262 valence electrons. The Hall–Kier alpha value is -3.22. The van der Waals surface area contributed by atoms with Gasteiger partial charge in [-0.25, -0.2) is 4.79 Å². The number of rotatable bonds is 13. The fourth-order valence-corrected chi connectivity index (χ4v) is 7.75. The fourth-order valence-electron chi connectivity index (χ4n) is 7.75. The normalized spacial score (nSPS) is 25.4. The Morgan fingerprint density at radius 3 is 2.21 bits per heavy atom. The molecule has 13 heteroatoms. The molecule has 0 radical (unpaired) electrons. The molecule has 3 saturated carbocycles. The lowest BCUT2D eigenvalue weighted by molar-refractivity contribution is -0.143. The number of hydrogen-bond acceptors (Lipinski definition) is 7. The Labute approximate surface area is 277 Å². The van der Waals surface area contributed by atoms with E-state index in [1.807, 2.05) is 13.8 Å². The standard InChI is InChI=1S/C34H54N6O7/c1-20(2)27(31(45)39-13-14-47-34(19-39)11-12-34)38-32(46)36-17-26(41)40-18-23(33(3,4)22-9-6-10-22)16-25(40)30(44)37-24(28(42)29(35)43)15-21-7-5-8-21/h20-25,27H,5-19H2,1-4H3,(H2,35,43)(H,37,44)(H2,36,38,46)/t23?,24?,25-,27-/m0/s1. The molecule has 5 N–H and O–H groups in total. The number of nitrogens with one attached hydrogen (secondary N) is 3. The van der Waals surface area contributed by atoms with Gasteiger partial charge in [0.15, 0.2) is 0 Å². The van der Waals surface area contributed by atoms with Crippen molar-refractivity contribution in [2.75, 3.05) is 32.8 Å². The molecule has 2 heterocycles. The number of urea groups is 1. The van der Waals surface area contributed by atoms with E-state index in [-0.39, 0.29) is 41.2 Å². The van der Waals surface area contributed by atoms with E-state index in [0.29, 0.717) is 45.0 Å². The van der Waals surface area contributed by atoms with Crippen molar-refractivity contribution >= 4 is 35.4 Å². The molecule has 0 aromatic carbocycles. The third-order valence-electron chi connectivity index (χ3n) is 11.8. The molecule has 13 nitrogen and oxygen atoms in total. The molecule has 1 spiro atoms. The Bertz CT molecular complexity index is 1240. The number of likely N-dealkylation sites (tertiary alicyclic amines) is 1. The maximum Gasteiger partial charge on any atom is 0.315 e. The summed E-state index contributed by atoms with van der Waals surface area (Å²) in [5.41, 5.74) is 4.97. The van der Waals surface area contributed by atoms with Crippen LogP contribution < -0.4 is 21.7 Å². The molecule has 4 atom stereocenters. The SMILES string of the molecule is CC(C)[C@H](NC(=O)NCC(=O)N1CC(C(C)(C)C2CCC2)C[C@H]1C(=O)NC(CC1CCC1)C(=O)C(N)=O)C(=O)N1CCOC2(CC2)C1. The number of morpholine rings is 1. The number of Topliss-reactive ketones (excluding diaryl/α,β-unsaturated/α-hetero) is 1. The summed E-state index contributed by atoms with van der Waals surface area (Å²) in [6.45, 7) is 9.53. The van der Waals surface area contributed by atoms with Crippen molar-refractivity contribution in [2.45, 2.75) is 116 Å². The second-order valence-electron chi connectivity index (χ2n) is 15.6. The third-order valence-corrected chi connectivity index (χ3v) is 11.8. The predicted octanol–water partition coefficient (Wildman–Crippen LogP) is 1.47. The molecule has 3 aliphatic carbocycles. The number of carbonyl (C=O) groups is 6. The lowest BCUT2D eigenvalue weighted by Crippen LogP contribution is -2.58. The average Bonchev–Trinajstić information content (AvgIpc) is 3.53. The molecule has 0 bridgehead atoms. The number of primary amides is 1. The van der Waals surface area contributed by atoms with Crippen molar-refractivity contribution in [3.8, 4) is 0 Å². The van der Waals surface area contributed by atoms with Crippen LogP contribution in [0, 0.1) is 29.1 Å². The predicted molar refractivity (Wildman–Crippen MR) is 172 cm³/mol. The Balaban J connectivity index is 1.23. The number of hydrogen-bond donors (Lipinski definition) is 4. The maximum atomic E-state index is 13.8. The first kappa shape index (κ1) is 35.1. The lowest BCUT2D eigenvalue weighted by atomic mass is 9.61. The van der Waals surface area contributed by atoms with Crippen molar-refractivity contribution in [2.24, 2.45) is 34.8 Å². The molecule has 2 saturated heterocycles. The van der Waals surface area contributed by atoms with Crippen LogP contribution in [0.15, 0.2) is 0 Å². The summed E-state index contributed by atoms with van der Waals surface area (Å²) in [5, 5.41) is 8.17. The van der Waals surface area contributed by atoms with Crippen LogP contribution in [-0.2, 0) is 28.7 Å². The van der Waals surface area contributed by atoms with E-state index in [0.717, 1.165) is 51.4 Å². The Morgan fingerprint density at radius 1 is 0.979 bits per heavy atom. The zero-order valence-electron chi connectivity index (χ0n) is 28.5. The highest BCUT2D eigenvalue weighted by molar-refractivity contribution is 6.37. The van der Waals surface area contributed by atoms with Gasteiger partial charge in [0.25, 0.3) is 5.91 Å². The van der Waals surface area contributed by atoms with Gasteiger partial charge in [-0.2, -0.15) is 0 Å². The number of nitrogens with zero attached hydrogens (tertiary/aromatic N) is 2. The minimum absolute atomic E-state index is 0.0319. The Kier molecular flexibility index (Phi) is 10.5. The van der Waals surface area contributed by atoms with E-state index < -0.39 is 47.7 Å². The van der Waals surface area contributed by atoms with Gasteiger partial charge in [0.1, 0.15) is 12.1 Å². The van der Waals surface area contributed by atoms with E-state index >= 15 is 0 Å². The molecule has 6 amide bonds. The third kappa shape index (κ3) is 7.92. The lowest BCUT2D eigenvalue weighted by Gasteiger charge is -2.44. The second-order valence-corrected chi connectivity index (χ2v) is 15.6. The summed E-state index contributed by atoms with van der Waals surface area (Å²) < 4.78 is 5.83. The molecule has 5 aliphatic rings. The van der Waals surface area contributed by atoms with Crippen LogP contribution in [0.5, 0.6) is 0 Å². The van der Waals surface area contributed by atoms with Crippen LogP contribution in [0.4, 0.5) is 4.79 Å². The van der Waals surface area contributed by atoms with Crippen molar-refractivity contribution in [1.82, 2.24) is 25.8 Å². The van der Waals surface area contributed by atoms with Gasteiger partial charge in [0, 0.05) is 19.6 Å². The van der Waals surface area contributed by atoms with Crippen molar-refractivity contribution < 1.29 is 33.5 Å². The Morgan fingerprint density at radius 2 is 1.66 bits per heavy atom. The number of ether oxygens (including phenoxy) is 1. The van der Waals surface area contributed by atoms with Gasteiger partial charge in [0.05, 0.1) is 24.8 Å². The minimum Gasteiger partial charge on any atom is -0.371 e. The first-order valence-corrected chi connectivity index (χ1v) is 17.6. The molecular weight excluding hydrogens is 604 g/mol. The van der Waals surface area contributed by atoms with Gasteiger partial charge in [-0.1, -0.05) is 53.4 Å². The first-order valence-electron chi connectivity index (χ1n) is 17.6. The van der Waals surface area contributed by atoms with Gasteiger partial charge in [0.2, 0.25) is 23.5 Å². The highest BCUT2D eigenvalue weighted by atomic mass is 16.5. The molecule has 2 aliphatic heterocycles. The van der Waals surface area contributed by atoms with Gasteiger partial charge < -0.3 is 36.2 Å². The highest BCUT2D eigenvalue weighted by Crippen LogP contribution is 2.50. The fraction of sp³-hybridized carbons (Fsp3) is 0.824. The average molecular weight is 659 g/mol. The molecule has 0 aromatic rings. The quantitative estimate of drug-likeness (QED) is 0.216. The minimum atomic E-state index is -1.09. The van der Waals surface area contributed by atoms with Crippen molar-refractivity contribution in [3.63, 3.8) is 0 Å². The van der Waals surface area contributed by atoms with E-state index in [9.17, 15) is 28.8 Å². The molecule has 47 heavy (non-hydrogen) atoms. The highest BCUT2D eigenvalue weighted by Gasteiger charge is 2.50. The molecule has 5 rings (SSSR count). The van der Waals surface area contributed by atoms with E-state index in [1.54, 1.807) is 4.90 Å². The topological polar surface area (TPSA) is 180 Å². The van der Waals surface area contributed by atoms with Gasteiger partial charge in [-0.05, 0) is 67.6 Å². The van der Waals surface area contributed by atoms with Crippen LogP contribution in [0.1, 0.15) is 91.9 Å². The summed E-state index contributed by atoms with van der Waals surface area (Å²) in [4.78, 5) is 81.7. The van der Waals surface area contributed by atoms with Gasteiger partial charge in [-0.15, -0.1) is 0 Å². The smallest absolute Gasteiger partial charge is 0.315 e. The summed E-state index contributed by atoms with van der Waals surface area (Å²) in [6, 6.07) is -3.30. The number of nitrogens with two attached hydrogens (primary N) is 1. The van der Waals surface area contributed by atoms with E-state index in [1.165, 1.54) is 4.90 Å². The van der Waals surface area contributed by atoms with Crippen LogP contribution >= 0.6 is 0 Å². The molecule has 5 fully saturated rings. The van der Waals surface area contributed by atoms with Crippen LogP contribution in [0.3, 0.4) is 0 Å². The van der Waals surface area contributed by atoms with E-state index in [4.69, 9.17) is 10.5 Å². The van der Waals surface area contributed by atoms with E-state index in [2.05, 4.69) is 29.8 Å². The zero-order valence-corrected chi connectivity index (χ0v) is 28.5. The van der Waals surface area contributed by atoms with Crippen LogP contribution in [-0.4, -0.2) is 102 Å². The number of ketones is 1. The second kappa shape index (κ2) is 14.1. The molecule has 0 aromatic heterocycles. The zero-order chi connectivity index (χ0) is 34.1. The maximum absolute atomic E-state index is 13.8. The largest absolute Gasteiger partial charge is 0.371 e. The summed E-state index contributed by atoms with van der Waals surface area (Å²) in [5.74, 6) is -2.43. The van der Waals surface area contributed by atoms with Crippen LogP contribution in [0.25, 0.3) is 0 Å². The van der Waals surface area contributed by atoms with Crippen molar-refractivity contribution in [3.05, 3.63) is 0 Å². The summed E-state index contributed by atoms with van der Waals surface area (Å²) >= 11 is 0. The summed E-state index contributed by atoms with van der Waals surface area (Å²) in [7, 11) is 0. The first-order chi connectivity index (χ1) is 22.2. The van der Waals surface area contributed by atoms with Gasteiger partial charge in [-0.3, -0.25) is 24.0 Å². The summed E-state index contributed by atoms with van der Waals surface area (Å²) in [6.07, 6.45) is 8.87. The van der Waals surface area contributed by atoms with Crippen LogP contribution in [0.2, 0.25) is 0 Å². The molecule has 2 unspecified atom stereocenters. The monoisotopic (exact) mass is 658 g/mol.